The highest BCUT2D eigenvalue weighted by Gasteiger charge is 2.49. The summed E-state index contributed by atoms with van der Waals surface area (Å²) in [6.07, 6.45) is 34.7. The zero-order chi connectivity index (χ0) is 98.2. The van der Waals surface area contributed by atoms with Crippen LogP contribution in [0.4, 0.5) is 22.7 Å². The Morgan fingerprint density at radius 1 is 0.261 bits per heavy atom. The Morgan fingerprint density at radius 2 is 0.570 bits per heavy atom. The summed E-state index contributed by atoms with van der Waals surface area (Å²) < 4.78 is 2.53. The molecule has 0 atom stereocenters. The minimum atomic E-state index is -0.238. The topological polar surface area (TPSA) is 11.4 Å². The number of hydrogen-bond acceptors (Lipinski definition) is 2. The van der Waals surface area contributed by atoms with Gasteiger partial charge in [-0.05, 0) is 351 Å². The second-order valence-corrected chi connectivity index (χ2v) is 42.1. The zero-order valence-corrected chi connectivity index (χ0v) is 86.6. The molecule has 0 bridgehead atoms. The molecule has 3 heteroatoms. The van der Waals surface area contributed by atoms with Crippen LogP contribution in [0, 0.1) is 55.4 Å². The van der Waals surface area contributed by atoms with Crippen molar-refractivity contribution in [3.63, 3.8) is 0 Å². The van der Waals surface area contributed by atoms with Gasteiger partial charge in [0.15, 0.2) is 0 Å². The lowest BCUT2D eigenvalue weighted by Crippen LogP contribution is -2.30. The summed E-state index contributed by atoms with van der Waals surface area (Å²) in [5.74, 6) is 0. The normalized spacial score (nSPS) is 13.5. The molecule has 1 heterocycles. The fourth-order valence-electron chi connectivity index (χ4n) is 24.4. The average Bonchev–Trinajstić information content (AvgIpc) is 1.52. The molecule has 716 valence electrons. The third-order valence-corrected chi connectivity index (χ3v) is 32.4. The molecular formula is C139H145N3. The minimum absolute atomic E-state index is 0.101. The Hall–Kier alpha value is -13.6. The van der Waals surface area contributed by atoms with Gasteiger partial charge in [0.1, 0.15) is 0 Å². The molecule has 0 amide bonds. The Morgan fingerprint density at radius 3 is 0.965 bits per heavy atom. The molecular weight excluding hydrogens is 1710 g/mol. The maximum absolute atomic E-state index is 3.93. The third kappa shape index (κ3) is 19.4. The summed E-state index contributed by atoms with van der Waals surface area (Å²) in [5.41, 5.74) is 53.3. The van der Waals surface area contributed by atoms with Crippen LogP contribution in [0.15, 0.2) is 359 Å². The number of unbranched alkanes of at least 4 members (excludes halogenated alkanes) is 12. The van der Waals surface area contributed by atoms with Gasteiger partial charge in [-0.15, -0.1) is 13.2 Å². The first-order valence-electron chi connectivity index (χ1n) is 53.5. The van der Waals surface area contributed by atoms with E-state index in [1.54, 1.807) is 22.3 Å². The number of nitrogens with zero attached hydrogens (tertiary/aromatic N) is 3. The van der Waals surface area contributed by atoms with Gasteiger partial charge in [-0.3, -0.25) is 0 Å². The molecule has 0 radical (unpaired) electrons. The average molecular weight is 1860 g/mol. The monoisotopic (exact) mass is 1860 g/mol. The minimum Gasteiger partial charge on any atom is -0.345 e. The fourth-order valence-corrected chi connectivity index (χ4v) is 24.4. The van der Waals surface area contributed by atoms with Gasteiger partial charge >= 0.3 is 0 Å². The molecule has 5 aliphatic rings. The first-order valence-corrected chi connectivity index (χ1v) is 53.5. The van der Waals surface area contributed by atoms with Gasteiger partial charge in [-0.1, -0.05) is 396 Å². The summed E-state index contributed by atoms with van der Waals surface area (Å²) >= 11 is 0. The summed E-state index contributed by atoms with van der Waals surface area (Å²) in [7, 11) is 4.24. The van der Waals surface area contributed by atoms with E-state index >= 15 is 0 Å². The third-order valence-electron chi connectivity index (χ3n) is 32.4. The van der Waals surface area contributed by atoms with E-state index in [0.717, 1.165) is 24.2 Å². The molecule has 1 aromatic heterocycles. The molecule has 16 aromatic carbocycles. The first kappa shape index (κ1) is 97.2. The van der Waals surface area contributed by atoms with Crippen molar-refractivity contribution in [2.24, 2.45) is 0 Å². The molecule has 0 unspecified atom stereocenters. The molecule has 0 aliphatic heterocycles. The highest BCUT2D eigenvalue weighted by Crippen LogP contribution is 2.60. The summed E-state index contributed by atoms with van der Waals surface area (Å²) in [5, 5.41) is 2.72. The van der Waals surface area contributed by atoms with E-state index in [2.05, 4.69) is 457 Å². The highest BCUT2D eigenvalue weighted by molar-refractivity contribution is 6.10. The molecule has 17 aromatic rings. The maximum atomic E-state index is 3.93. The van der Waals surface area contributed by atoms with Crippen LogP contribution < -0.4 is 9.80 Å². The fraction of sp³-hybridized carbons (Fsp3) is 0.281. The van der Waals surface area contributed by atoms with Crippen LogP contribution in [0.1, 0.15) is 254 Å². The van der Waals surface area contributed by atoms with Crippen LogP contribution >= 0.6 is 0 Å². The summed E-state index contributed by atoms with van der Waals surface area (Å²) in [6, 6.07) is 126. The first-order chi connectivity index (χ1) is 69.3. The molecule has 22 rings (SSSR count). The van der Waals surface area contributed by atoms with Crippen LogP contribution in [-0.2, 0) is 41.9 Å². The molecule has 0 saturated carbocycles. The Balaban J connectivity index is 0.000000123. The van der Waals surface area contributed by atoms with Gasteiger partial charge in [0.25, 0.3) is 0 Å². The summed E-state index contributed by atoms with van der Waals surface area (Å²) in [6.45, 7) is 30.0. The van der Waals surface area contributed by atoms with Crippen molar-refractivity contribution in [1.82, 2.24) is 4.57 Å². The quantitative estimate of drug-likeness (QED) is 0.0308. The lowest BCUT2D eigenvalue weighted by atomic mass is 9.65. The van der Waals surface area contributed by atoms with E-state index in [0.29, 0.717) is 0 Å². The maximum Gasteiger partial charge on any atom is 0.0713 e. The van der Waals surface area contributed by atoms with Crippen LogP contribution in [0.2, 0.25) is 0 Å². The molecule has 0 spiro atoms. The Kier molecular flexibility index (Phi) is 29.5. The Bertz CT molecular complexity index is 7020. The number of aryl methyl sites for hydroxylation is 12. The van der Waals surface area contributed by atoms with Gasteiger partial charge in [0.2, 0.25) is 0 Å². The van der Waals surface area contributed by atoms with Crippen molar-refractivity contribution in [3.8, 4) is 72.4 Å². The molecule has 0 saturated heterocycles. The van der Waals surface area contributed by atoms with E-state index in [-0.39, 0.29) is 16.2 Å². The van der Waals surface area contributed by atoms with Gasteiger partial charge in [0, 0.05) is 64.1 Å². The molecule has 5 aliphatic carbocycles. The predicted molar refractivity (Wildman–Crippen MR) is 612 cm³/mol. The standard InChI is InChI=1S/C43H53N.C40H36N2.C31H26.C25H30/c1-5-7-9-11-13-17-27-43(28-18-14-12-10-8-6-2)39-20-16-15-19-35(39)36-24-23-34(31-40(36)43)44-41-25-21-32(3)29-37(41)38-30-33(4)22-26-42(38)44;1-29-13-21-33(22-14-29)41(3)35-25-17-31(18-26-35)37-9-5-7-11-39(37)40-12-8-6-10-38(40)32-19-27-36(28-20-32)42(4)34-23-15-30(2)16-24-34;1-19-3-13-27-28-14-4-20(2)16-30(28)31(29(27)15-19,25-11-9-21-5-7-23(21)17-25)26-12-10-22-6-8-24(22)18-26;1-5-7-9-15-25(16-10-8-6-2)23-17-19(3)11-13-21(23)22-14-12-20(4)18-24(22)25/h15-16,19-26,29-31H,5-14,17-18,27-28H2,1-4H3;5-28H,1-4H3;3-4,9-18H,5-8H2,1-2H3;5-6,11-14,17-18H,1-2,7-10,15-16H2,3-4H3. The number of rotatable bonds is 32. The SMILES string of the molecule is C=CCCCC1(CCCC=C)c2cc(C)ccc2-c2ccc(C)cc21.CCCCCCCCC1(CCCCCCCC)c2ccccc2-c2ccc(-n3c4ccc(C)cc4c4cc(C)ccc43)cc21.Cc1ccc(N(C)c2ccc(-c3ccccc3-c3ccccc3-c3ccc(N(C)c4ccc(C)cc4)cc3)cc2)cc1.Cc1ccc2c(c1)C(c1ccc3c(c1)CC3)(c1ccc3c(c1)CC3)c1cc(C)ccc1-2. The number of aromatic nitrogens is 1. The second kappa shape index (κ2) is 43.1. The van der Waals surface area contributed by atoms with Gasteiger partial charge < -0.3 is 14.4 Å². The summed E-state index contributed by atoms with van der Waals surface area (Å²) in [4.78, 5) is 4.45. The number of allylic oxidation sites excluding steroid dienone is 2. The van der Waals surface area contributed by atoms with Crippen molar-refractivity contribution >= 4 is 44.6 Å². The molecule has 142 heavy (non-hydrogen) atoms. The van der Waals surface area contributed by atoms with Crippen molar-refractivity contribution in [3.05, 3.63) is 470 Å². The Labute approximate surface area is 849 Å². The lowest BCUT2D eigenvalue weighted by Gasteiger charge is -2.37. The van der Waals surface area contributed by atoms with Crippen molar-refractivity contribution in [2.75, 3.05) is 23.9 Å². The smallest absolute Gasteiger partial charge is 0.0713 e. The van der Waals surface area contributed by atoms with E-state index < -0.39 is 0 Å². The molecule has 3 nitrogen and oxygen atoms in total. The van der Waals surface area contributed by atoms with Crippen LogP contribution in [0.3, 0.4) is 0 Å². The van der Waals surface area contributed by atoms with Gasteiger partial charge in [-0.25, -0.2) is 0 Å². The van der Waals surface area contributed by atoms with E-state index in [1.165, 1.54) is 336 Å². The van der Waals surface area contributed by atoms with Crippen molar-refractivity contribution in [1.29, 1.82) is 0 Å². The van der Waals surface area contributed by atoms with Gasteiger partial charge in [0.05, 0.1) is 16.4 Å². The highest BCUT2D eigenvalue weighted by atomic mass is 15.1. The van der Waals surface area contributed by atoms with Crippen LogP contribution in [0.5, 0.6) is 0 Å². The van der Waals surface area contributed by atoms with E-state index in [9.17, 15) is 0 Å². The number of fused-ring (bicyclic) bond motifs is 14. The zero-order valence-electron chi connectivity index (χ0n) is 86.6. The lowest BCUT2D eigenvalue weighted by molar-refractivity contribution is 0.398. The van der Waals surface area contributed by atoms with Crippen molar-refractivity contribution in [2.45, 2.75) is 240 Å². The molecule has 0 fully saturated rings. The van der Waals surface area contributed by atoms with Crippen LogP contribution in [-0.4, -0.2) is 18.7 Å². The molecule has 0 N–H and O–H groups in total. The largest absolute Gasteiger partial charge is 0.345 e. The van der Waals surface area contributed by atoms with E-state index in [4.69, 9.17) is 0 Å². The number of benzene rings is 16. The number of anilines is 4. The van der Waals surface area contributed by atoms with E-state index in [1.807, 2.05) is 0 Å². The predicted octanol–water partition coefficient (Wildman–Crippen LogP) is 38.2. The van der Waals surface area contributed by atoms with Crippen LogP contribution in [0.25, 0.3) is 94.3 Å². The number of hydrogen-bond donors (Lipinski definition) is 0. The van der Waals surface area contributed by atoms with Crippen molar-refractivity contribution < 1.29 is 0 Å². The second-order valence-electron chi connectivity index (χ2n) is 42.1. The van der Waals surface area contributed by atoms with Gasteiger partial charge in [-0.2, -0.15) is 0 Å².